The summed E-state index contributed by atoms with van der Waals surface area (Å²) in [6.45, 7) is 0.274. The van der Waals surface area contributed by atoms with E-state index in [1.54, 1.807) is 24.3 Å². The van der Waals surface area contributed by atoms with Gasteiger partial charge < -0.3 is 19.6 Å². The molecule has 2 heterocycles. The van der Waals surface area contributed by atoms with Crippen LogP contribution in [-0.2, 0) is 16.7 Å². The van der Waals surface area contributed by atoms with Gasteiger partial charge in [-0.1, -0.05) is 18.2 Å². The molecule has 0 aliphatic heterocycles. The Morgan fingerprint density at radius 1 is 1.30 bits per heavy atom. The SMILES string of the molecule is CS(=O)(=O)Oc1nc(NCc2ccccc2O)c2[nH]cnc2n1. The molecular weight excluding hydrogens is 322 g/mol. The first kappa shape index (κ1) is 15.0. The van der Waals surface area contributed by atoms with Gasteiger partial charge in [-0.3, -0.25) is 0 Å². The van der Waals surface area contributed by atoms with Crippen molar-refractivity contribution in [3.63, 3.8) is 0 Å². The van der Waals surface area contributed by atoms with Crippen LogP contribution in [-0.4, -0.2) is 39.7 Å². The van der Waals surface area contributed by atoms with E-state index in [2.05, 4.69) is 25.3 Å². The summed E-state index contributed by atoms with van der Waals surface area (Å²) in [5, 5.41) is 12.8. The van der Waals surface area contributed by atoms with Gasteiger partial charge >= 0.3 is 16.1 Å². The molecule has 0 radical (unpaired) electrons. The van der Waals surface area contributed by atoms with Gasteiger partial charge in [0, 0.05) is 12.1 Å². The molecular formula is C13H13N5O4S. The van der Waals surface area contributed by atoms with Crippen molar-refractivity contribution in [3.8, 4) is 11.8 Å². The number of phenolic OH excluding ortho intramolecular Hbond substituents is 1. The quantitative estimate of drug-likeness (QED) is 0.589. The molecule has 120 valence electrons. The van der Waals surface area contributed by atoms with Crippen LogP contribution < -0.4 is 9.50 Å². The van der Waals surface area contributed by atoms with Gasteiger partial charge in [0.05, 0.1) is 12.6 Å². The summed E-state index contributed by atoms with van der Waals surface area (Å²) in [5.74, 6) is 0.455. The number of anilines is 1. The van der Waals surface area contributed by atoms with Crippen LogP contribution in [0.1, 0.15) is 5.56 Å². The zero-order chi connectivity index (χ0) is 16.4. The number of benzene rings is 1. The van der Waals surface area contributed by atoms with Crippen molar-refractivity contribution in [3.05, 3.63) is 36.2 Å². The molecule has 0 amide bonds. The van der Waals surface area contributed by atoms with E-state index >= 15 is 0 Å². The number of hydrogen-bond acceptors (Lipinski definition) is 8. The summed E-state index contributed by atoms with van der Waals surface area (Å²) < 4.78 is 27.2. The summed E-state index contributed by atoms with van der Waals surface area (Å²) in [6.07, 6.45) is 2.31. The molecule has 1 aromatic carbocycles. The topological polar surface area (TPSA) is 130 Å². The molecule has 3 rings (SSSR count). The molecule has 3 N–H and O–H groups in total. The second kappa shape index (κ2) is 5.72. The van der Waals surface area contributed by atoms with Gasteiger partial charge in [-0.15, -0.1) is 0 Å². The lowest BCUT2D eigenvalue weighted by atomic mass is 10.2. The molecule has 0 saturated carbocycles. The Kier molecular flexibility index (Phi) is 3.74. The Balaban J connectivity index is 1.92. The molecule has 0 unspecified atom stereocenters. The molecule has 10 heteroatoms. The number of nitrogens with zero attached hydrogens (tertiary/aromatic N) is 3. The van der Waals surface area contributed by atoms with E-state index in [1.807, 2.05) is 0 Å². The van der Waals surface area contributed by atoms with Gasteiger partial charge in [0.2, 0.25) is 0 Å². The van der Waals surface area contributed by atoms with Gasteiger partial charge in [0.25, 0.3) is 0 Å². The zero-order valence-electron chi connectivity index (χ0n) is 12.0. The zero-order valence-corrected chi connectivity index (χ0v) is 12.8. The fourth-order valence-corrected chi connectivity index (χ4v) is 2.30. The molecule has 0 bridgehead atoms. The first-order chi connectivity index (χ1) is 10.9. The number of nitrogens with one attached hydrogen (secondary N) is 2. The molecule has 0 aliphatic rings. The van der Waals surface area contributed by atoms with Crippen molar-refractivity contribution >= 4 is 27.1 Å². The summed E-state index contributed by atoms with van der Waals surface area (Å²) >= 11 is 0. The van der Waals surface area contributed by atoms with E-state index in [1.165, 1.54) is 6.33 Å². The maximum Gasteiger partial charge on any atom is 0.337 e. The van der Waals surface area contributed by atoms with Crippen LogP contribution in [0.5, 0.6) is 11.8 Å². The number of aromatic amines is 1. The highest BCUT2D eigenvalue weighted by molar-refractivity contribution is 7.86. The van der Waals surface area contributed by atoms with E-state index < -0.39 is 10.1 Å². The van der Waals surface area contributed by atoms with Crippen molar-refractivity contribution < 1.29 is 17.7 Å². The minimum atomic E-state index is -3.75. The van der Waals surface area contributed by atoms with Gasteiger partial charge in [-0.25, -0.2) is 4.98 Å². The maximum absolute atomic E-state index is 11.2. The molecule has 23 heavy (non-hydrogen) atoms. The van der Waals surface area contributed by atoms with Crippen molar-refractivity contribution in [1.29, 1.82) is 0 Å². The van der Waals surface area contributed by atoms with E-state index in [0.29, 0.717) is 16.9 Å². The molecule has 0 saturated heterocycles. The van der Waals surface area contributed by atoms with Crippen LogP contribution in [0, 0.1) is 0 Å². The third kappa shape index (κ3) is 3.48. The number of aromatic hydroxyl groups is 1. The fourth-order valence-electron chi connectivity index (χ4n) is 1.95. The Bertz CT molecular complexity index is 954. The number of hydrogen-bond donors (Lipinski definition) is 3. The second-order valence-electron chi connectivity index (χ2n) is 4.73. The van der Waals surface area contributed by atoms with Crippen molar-refractivity contribution in [2.45, 2.75) is 6.54 Å². The highest BCUT2D eigenvalue weighted by Gasteiger charge is 2.14. The summed E-state index contributed by atoms with van der Waals surface area (Å²) in [4.78, 5) is 14.8. The molecule has 9 nitrogen and oxygen atoms in total. The lowest BCUT2D eigenvalue weighted by Gasteiger charge is -2.09. The average Bonchev–Trinajstić information content (AvgIpc) is 2.92. The van der Waals surface area contributed by atoms with E-state index in [-0.39, 0.29) is 24.0 Å². The standard InChI is InChI=1S/C13H13N5O4S/c1-23(20,21)22-13-17-11(10-12(18-13)16-7-15-10)14-6-8-4-2-3-5-9(8)19/h2-5,7,19H,6H2,1H3,(H2,14,15,16,17,18). The summed E-state index contributed by atoms with van der Waals surface area (Å²) in [6, 6.07) is 6.50. The Hall–Kier alpha value is -2.88. The van der Waals surface area contributed by atoms with Crippen LogP contribution >= 0.6 is 0 Å². The molecule has 0 aliphatic carbocycles. The molecule has 0 spiro atoms. The number of phenols is 1. The Labute approximate surface area is 131 Å². The van der Waals surface area contributed by atoms with Crippen molar-refractivity contribution in [1.82, 2.24) is 19.9 Å². The highest BCUT2D eigenvalue weighted by atomic mass is 32.2. The molecule has 0 atom stereocenters. The number of fused-ring (bicyclic) bond motifs is 1. The van der Waals surface area contributed by atoms with Crippen LogP contribution in [0.3, 0.4) is 0 Å². The lowest BCUT2D eigenvalue weighted by Crippen LogP contribution is -2.10. The average molecular weight is 335 g/mol. The molecule has 2 aromatic heterocycles. The number of aromatic nitrogens is 4. The monoisotopic (exact) mass is 335 g/mol. The number of rotatable bonds is 5. The second-order valence-corrected chi connectivity index (χ2v) is 6.30. The molecule has 0 fully saturated rings. The van der Waals surface area contributed by atoms with Gasteiger partial charge in [-0.2, -0.15) is 18.4 Å². The number of H-pyrrole nitrogens is 1. The highest BCUT2D eigenvalue weighted by Crippen LogP contribution is 2.22. The van der Waals surface area contributed by atoms with Gasteiger partial charge in [-0.05, 0) is 6.07 Å². The first-order valence-electron chi connectivity index (χ1n) is 6.54. The normalized spacial score (nSPS) is 11.5. The molecule has 3 aromatic rings. The summed E-state index contributed by atoms with van der Waals surface area (Å²) in [7, 11) is -3.75. The minimum Gasteiger partial charge on any atom is -0.508 e. The van der Waals surface area contributed by atoms with E-state index in [4.69, 9.17) is 4.18 Å². The van der Waals surface area contributed by atoms with Crippen molar-refractivity contribution in [2.24, 2.45) is 0 Å². The van der Waals surface area contributed by atoms with E-state index in [0.717, 1.165) is 6.26 Å². The predicted molar refractivity (Wildman–Crippen MR) is 82.6 cm³/mol. The Morgan fingerprint density at radius 2 is 2.09 bits per heavy atom. The third-order valence-corrected chi connectivity index (χ3v) is 3.38. The lowest BCUT2D eigenvalue weighted by molar-refractivity contribution is 0.469. The van der Waals surface area contributed by atoms with E-state index in [9.17, 15) is 13.5 Å². The minimum absolute atomic E-state index is 0.141. The van der Waals surface area contributed by atoms with Gasteiger partial charge in [0.15, 0.2) is 11.5 Å². The van der Waals surface area contributed by atoms with Gasteiger partial charge in [0.1, 0.15) is 11.3 Å². The smallest absolute Gasteiger partial charge is 0.337 e. The van der Waals surface area contributed by atoms with Crippen molar-refractivity contribution in [2.75, 3.05) is 11.6 Å². The van der Waals surface area contributed by atoms with Crippen LogP contribution in [0.2, 0.25) is 0 Å². The maximum atomic E-state index is 11.2. The van der Waals surface area contributed by atoms with Crippen LogP contribution in [0.25, 0.3) is 11.2 Å². The third-order valence-electron chi connectivity index (χ3n) is 2.93. The van der Waals surface area contributed by atoms with Crippen LogP contribution in [0.15, 0.2) is 30.6 Å². The number of imidazole rings is 1. The first-order valence-corrected chi connectivity index (χ1v) is 8.35. The summed E-state index contributed by atoms with van der Waals surface area (Å²) in [5.41, 5.74) is 1.42. The predicted octanol–water partition coefficient (Wildman–Crippen LogP) is 1.01. The number of para-hydroxylation sites is 1. The fraction of sp³-hybridized carbons (Fsp3) is 0.154. The Morgan fingerprint density at radius 3 is 2.83 bits per heavy atom. The largest absolute Gasteiger partial charge is 0.508 e. The van der Waals surface area contributed by atoms with Crippen LogP contribution in [0.4, 0.5) is 5.82 Å².